The molecular formula is C17H21N3. The molecule has 2 aliphatic carbocycles. The first-order valence-electron chi connectivity index (χ1n) is 7.31. The zero-order chi connectivity index (χ0) is 14.4. The van der Waals surface area contributed by atoms with Crippen LogP contribution in [0.5, 0.6) is 0 Å². The van der Waals surface area contributed by atoms with E-state index in [1.54, 1.807) is 0 Å². The Labute approximate surface area is 120 Å². The summed E-state index contributed by atoms with van der Waals surface area (Å²) < 4.78 is 0. The molecule has 0 unspecified atom stereocenters. The van der Waals surface area contributed by atoms with E-state index in [0.717, 1.165) is 0 Å². The van der Waals surface area contributed by atoms with Gasteiger partial charge in [-0.25, -0.2) is 0 Å². The van der Waals surface area contributed by atoms with Crippen molar-refractivity contribution in [2.24, 2.45) is 21.2 Å². The Hall–Kier alpha value is -1.64. The highest BCUT2D eigenvalue weighted by molar-refractivity contribution is 5.62. The molecule has 0 saturated heterocycles. The Morgan fingerprint density at radius 3 is 2.15 bits per heavy atom. The van der Waals surface area contributed by atoms with E-state index in [-0.39, 0.29) is 21.9 Å². The zero-order valence-corrected chi connectivity index (χ0v) is 12.8. The molecule has 1 aromatic rings. The quantitative estimate of drug-likeness (QED) is 0.767. The first-order valence-corrected chi connectivity index (χ1v) is 7.31. The van der Waals surface area contributed by atoms with Gasteiger partial charge >= 0.3 is 0 Å². The van der Waals surface area contributed by atoms with Crippen LogP contribution in [0.3, 0.4) is 0 Å². The third-order valence-corrected chi connectivity index (χ3v) is 7.17. The average Bonchev–Trinajstić information content (AvgIpc) is 2.82. The second-order valence-corrected chi connectivity index (χ2v) is 7.01. The highest BCUT2D eigenvalue weighted by Crippen LogP contribution is 2.85. The van der Waals surface area contributed by atoms with Crippen LogP contribution < -0.4 is 5.43 Å². The molecule has 3 aliphatic rings. The number of hydrogen-bond acceptors (Lipinski definition) is 3. The number of benzene rings is 1. The minimum absolute atomic E-state index is 0.0488. The smallest absolute Gasteiger partial charge is 0.143 e. The molecule has 3 nitrogen and oxygen atoms in total. The van der Waals surface area contributed by atoms with Crippen molar-refractivity contribution in [3.05, 3.63) is 47.0 Å². The highest BCUT2D eigenvalue weighted by atomic mass is 15.6. The highest BCUT2D eigenvalue weighted by Gasteiger charge is 2.90. The molecular weight excluding hydrogens is 246 g/mol. The third kappa shape index (κ3) is 0.737. The normalized spacial score (nSPS) is 48.0. The Morgan fingerprint density at radius 2 is 1.50 bits per heavy atom. The fraction of sp³-hybridized carbons (Fsp3) is 0.529. The number of hydrogen-bond donors (Lipinski definition) is 1. The molecule has 1 heterocycles. The maximum atomic E-state index is 4.74. The van der Waals surface area contributed by atoms with E-state index < -0.39 is 0 Å². The summed E-state index contributed by atoms with van der Waals surface area (Å²) in [5.41, 5.74) is 7.33. The van der Waals surface area contributed by atoms with Gasteiger partial charge in [0.25, 0.3) is 0 Å². The maximum absolute atomic E-state index is 4.74. The topological polar surface area (TPSA) is 36.8 Å². The van der Waals surface area contributed by atoms with E-state index in [4.69, 9.17) is 5.11 Å². The van der Waals surface area contributed by atoms with Gasteiger partial charge in [-0.1, -0.05) is 60.5 Å². The predicted molar refractivity (Wildman–Crippen MR) is 79.1 cm³/mol. The Balaban J connectivity index is 2.04. The minimum atomic E-state index is -0.278. The van der Waals surface area contributed by atoms with Gasteiger partial charge in [0.05, 0.1) is 5.54 Å². The first-order chi connectivity index (χ1) is 9.38. The predicted octanol–water partition coefficient (Wildman–Crippen LogP) is 3.99. The zero-order valence-electron chi connectivity index (χ0n) is 12.8. The summed E-state index contributed by atoms with van der Waals surface area (Å²) in [6.45, 7) is 11.5. The summed E-state index contributed by atoms with van der Waals surface area (Å²) in [7, 11) is 0. The Bertz CT molecular complexity index is 677. The van der Waals surface area contributed by atoms with Crippen LogP contribution in [0, 0.1) is 10.8 Å². The van der Waals surface area contributed by atoms with Crippen LogP contribution in [0.1, 0.15) is 40.2 Å². The van der Waals surface area contributed by atoms with Crippen molar-refractivity contribution in [3.8, 4) is 0 Å². The molecule has 0 radical (unpaired) electrons. The molecule has 20 heavy (non-hydrogen) atoms. The summed E-state index contributed by atoms with van der Waals surface area (Å²) in [4.78, 5) is 0. The molecule has 0 bridgehead atoms. The van der Waals surface area contributed by atoms with Crippen LogP contribution in [0.2, 0.25) is 0 Å². The van der Waals surface area contributed by atoms with Crippen molar-refractivity contribution in [1.82, 2.24) is 5.43 Å². The van der Waals surface area contributed by atoms with Gasteiger partial charge in [0, 0.05) is 10.8 Å². The van der Waals surface area contributed by atoms with Gasteiger partial charge in [0.2, 0.25) is 0 Å². The first kappa shape index (κ1) is 12.1. The van der Waals surface area contributed by atoms with E-state index in [1.807, 2.05) is 0 Å². The summed E-state index contributed by atoms with van der Waals surface area (Å²) >= 11 is 0. The van der Waals surface area contributed by atoms with Gasteiger partial charge in [-0.05, 0) is 26.3 Å². The lowest BCUT2D eigenvalue weighted by Gasteiger charge is -2.81. The van der Waals surface area contributed by atoms with Crippen molar-refractivity contribution in [3.63, 3.8) is 0 Å². The molecule has 0 amide bonds. The summed E-state index contributed by atoms with van der Waals surface area (Å²) in [5, 5.41) is 9.02. The summed E-state index contributed by atoms with van der Waals surface area (Å²) in [6, 6.07) is 10.6. The van der Waals surface area contributed by atoms with E-state index in [1.165, 1.54) is 16.7 Å². The third-order valence-electron chi connectivity index (χ3n) is 7.17. The van der Waals surface area contributed by atoms with E-state index >= 15 is 0 Å². The molecule has 1 aliphatic heterocycles. The molecule has 4 atom stereocenters. The fourth-order valence-electron chi connectivity index (χ4n) is 5.65. The second-order valence-electron chi connectivity index (χ2n) is 7.01. The average molecular weight is 267 g/mol. The summed E-state index contributed by atoms with van der Waals surface area (Å²) in [6.07, 6.45) is 0. The molecule has 4 rings (SSSR count). The van der Waals surface area contributed by atoms with Gasteiger partial charge in [-0.3, -0.25) is 5.43 Å². The molecule has 1 N–H and O–H groups in total. The van der Waals surface area contributed by atoms with Crippen LogP contribution in [0.15, 0.2) is 51.8 Å². The molecule has 1 saturated carbocycles. The standard InChI is InChI=1S/C17H21N3/c1-11-12(2)15(4)14(11,3)16(5)17(15,19-20-18-16)13-9-7-6-8-10-13/h6-10H,1-5H3,(H,18,19)/t14-,15-,16-,17-/m1/s1. The van der Waals surface area contributed by atoms with Crippen molar-refractivity contribution in [2.45, 2.75) is 45.7 Å². The minimum Gasteiger partial charge on any atom is -0.282 e. The van der Waals surface area contributed by atoms with Gasteiger partial charge in [0.15, 0.2) is 0 Å². The van der Waals surface area contributed by atoms with Gasteiger partial charge in [-0.15, -0.1) is 0 Å². The number of nitrogens with zero attached hydrogens (tertiary/aromatic N) is 2. The van der Waals surface area contributed by atoms with Crippen LogP contribution in [0.25, 0.3) is 0 Å². The van der Waals surface area contributed by atoms with E-state index in [9.17, 15) is 0 Å². The molecule has 0 aromatic heterocycles. The molecule has 1 aromatic carbocycles. The molecule has 3 heteroatoms. The fourth-order valence-corrected chi connectivity index (χ4v) is 5.65. The van der Waals surface area contributed by atoms with Gasteiger partial charge in [0.1, 0.15) is 5.54 Å². The van der Waals surface area contributed by atoms with Crippen molar-refractivity contribution in [2.75, 3.05) is 0 Å². The number of nitrogens with one attached hydrogen (secondary N) is 1. The lowest BCUT2D eigenvalue weighted by Crippen LogP contribution is -2.88. The lowest BCUT2D eigenvalue weighted by atomic mass is 9.22. The second kappa shape index (κ2) is 3.00. The maximum Gasteiger partial charge on any atom is 0.143 e. The summed E-state index contributed by atoms with van der Waals surface area (Å²) in [5.74, 6) is 0. The Morgan fingerprint density at radius 1 is 0.900 bits per heavy atom. The van der Waals surface area contributed by atoms with Crippen molar-refractivity contribution in [1.29, 1.82) is 0 Å². The van der Waals surface area contributed by atoms with Gasteiger partial charge in [-0.2, -0.15) is 5.11 Å². The van der Waals surface area contributed by atoms with Gasteiger partial charge < -0.3 is 0 Å². The van der Waals surface area contributed by atoms with Crippen LogP contribution in [-0.2, 0) is 5.54 Å². The molecule has 104 valence electrons. The largest absolute Gasteiger partial charge is 0.282 e. The van der Waals surface area contributed by atoms with E-state index in [0.29, 0.717) is 0 Å². The SMILES string of the molecule is CC1=C(C)[C@]2(C)[C@]1(C)[C@@]1(C)NN=N[C@@]12c1ccccc1. The van der Waals surface area contributed by atoms with Crippen molar-refractivity contribution < 1.29 is 0 Å². The molecule has 1 fully saturated rings. The monoisotopic (exact) mass is 267 g/mol. The molecule has 0 spiro atoms. The lowest BCUT2D eigenvalue weighted by molar-refractivity contribution is -0.205. The van der Waals surface area contributed by atoms with E-state index in [2.05, 4.69) is 75.6 Å². The van der Waals surface area contributed by atoms with Crippen LogP contribution in [0.4, 0.5) is 0 Å². The number of rotatable bonds is 1. The van der Waals surface area contributed by atoms with Crippen LogP contribution >= 0.6 is 0 Å². The van der Waals surface area contributed by atoms with Crippen molar-refractivity contribution >= 4 is 0 Å². The van der Waals surface area contributed by atoms with Crippen LogP contribution in [-0.4, -0.2) is 5.54 Å². The Kier molecular flexibility index (Phi) is 1.82. The number of fused-ring (bicyclic) bond motifs is 4.